The zero-order chi connectivity index (χ0) is 14.3. The van der Waals surface area contributed by atoms with Crippen molar-refractivity contribution in [3.05, 3.63) is 17.7 Å². The van der Waals surface area contributed by atoms with E-state index in [0.29, 0.717) is 11.5 Å². The van der Waals surface area contributed by atoms with Gasteiger partial charge in [0.2, 0.25) is 0 Å². The zero-order valence-electron chi connectivity index (χ0n) is 11.6. The van der Waals surface area contributed by atoms with Gasteiger partial charge in [-0.3, -0.25) is 0 Å². The van der Waals surface area contributed by atoms with E-state index in [1.54, 1.807) is 6.07 Å². The number of hydrogen-bond donors (Lipinski definition) is 1. The number of carbonyl (C=O) groups excluding carboxylic acids is 1. The van der Waals surface area contributed by atoms with Crippen LogP contribution in [0.3, 0.4) is 0 Å². The van der Waals surface area contributed by atoms with Crippen molar-refractivity contribution in [2.24, 2.45) is 0 Å². The summed E-state index contributed by atoms with van der Waals surface area (Å²) in [7, 11) is 2.80. The molecule has 0 aliphatic carbocycles. The van der Waals surface area contributed by atoms with Crippen LogP contribution in [0.25, 0.3) is 0 Å². The number of benzene rings is 1. The van der Waals surface area contributed by atoms with Crippen molar-refractivity contribution >= 4 is 5.97 Å². The largest absolute Gasteiger partial charge is 0.508 e. The topological polar surface area (TPSA) is 65.0 Å². The summed E-state index contributed by atoms with van der Waals surface area (Å²) in [6, 6.07) is 3.20. The molecular weight excluding hydrogens is 248 g/mol. The molecule has 0 bridgehead atoms. The molecule has 0 atom stereocenters. The molecule has 19 heavy (non-hydrogen) atoms. The second-order valence-electron chi connectivity index (χ2n) is 4.10. The number of phenols is 1. The maximum atomic E-state index is 11.0. The van der Waals surface area contributed by atoms with Crippen LogP contribution >= 0.6 is 0 Å². The minimum Gasteiger partial charge on any atom is -0.508 e. The Hall–Kier alpha value is -1.91. The molecule has 1 N–H and O–H groups in total. The molecule has 0 aliphatic rings. The van der Waals surface area contributed by atoms with Crippen molar-refractivity contribution in [3.63, 3.8) is 0 Å². The Kier molecular flexibility index (Phi) is 5.99. The lowest BCUT2D eigenvalue weighted by Gasteiger charge is -2.13. The van der Waals surface area contributed by atoms with Gasteiger partial charge in [0.1, 0.15) is 5.75 Å². The molecule has 0 spiro atoms. The van der Waals surface area contributed by atoms with Crippen LogP contribution in [0.15, 0.2) is 12.1 Å². The van der Waals surface area contributed by atoms with Crippen molar-refractivity contribution in [2.75, 3.05) is 20.8 Å². The molecule has 0 saturated carbocycles. The number of aromatic hydroxyl groups is 1. The van der Waals surface area contributed by atoms with Gasteiger partial charge in [0.25, 0.3) is 0 Å². The van der Waals surface area contributed by atoms with Crippen LogP contribution in [-0.2, 0) is 16.0 Å². The van der Waals surface area contributed by atoms with Crippen molar-refractivity contribution in [3.8, 4) is 17.2 Å². The Balaban J connectivity index is 2.86. The summed E-state index contributed by atoms with van der Waals surface area (Å²) in [4.78, 5) is 11.0. The fraction of sp³-hybridized carbons (Fsp3) is 0.500. The third-order valence-corrected chi connectivity index (χ3v) is 2.74. The third-order valence-electron chi connectivity index (χ3n) is 2.74. The van der Waals surface area contributed by atoms with Gasteiger partial charge in [-0.05, 0) is 24.5 Å². The first-order valence-corrected chi connectivity index (χ1v) is 6.21. The van der Waals surface area contributed by atoms with Gasteiger partial charge in [0, 0.05) is 6.07 Å². The summed E-state index contributed by atoms with van der Waals surface area (Å²) >= 11 is 0. The van der Waals surface area contributed by atoms with Gasteiger partial charge in [0.15, 0.2) is 18.1 Å². The molecule has 0 amide bonds. The van der Waals surface area contributed by atoms with Crippen LogP contribution in [0.4, 0.5) is 0 Å². The lowest BCUT2D eigenvalue weighted by atomic mass is 10.1. The highest BCUT2D eigenvalue weighted by molar-refractivity contribution is 5.71. The summed E-state index contributed by atoms with van der Waals surface area (Å²) in [6.45, 7) is 1.86. The molecule has 5 heteroatoms. The third kappa shape index (κ3) is 4.35. The van der Waals surface area contributed by atoms with Gasteiger partial charge in [-0.15, -0.1) is 0 Å². The first-order valence-electron chi connectivity index (χ1n) is 6.21. The van der Waals surface area contributed by atoms with Gasteiger partial charge >= 0.3 is 5.97 Å². The van der Waals surface area contributed by atoms with E-state index in [9.17, 15) is 9.90 Å². The van der Waals surface area contributed by atoms with E-state index in [2.05, 4.69) is 11.7 Å². The van der Waals surface area contributed by atoms with Crippen LogP contribution in [0.1, 0.15) is 25.3 Å². The Bertz CT molecular complexity index is 428. The maximum absolute atomic E-state index is 11.0. The number of rotatable bonds is 7. The molecule has 1 aromatic rings. The van der Waals surface area contributed by atoms with Gasteiger partial charge < -0.3 is 19.3 Å². The van der Waals surface area contributed by atoms with Crippen LogP contribution in [-0.4, -0.2) is 31.9 Å². The number of esters is 1. The second-order valence-corrected chi connectivity index (χ2v) is 4.10. The standard InChI is InChI=1S/C14H20O5/c1-4-5-6-10-7-12(17-2)13(8-11(10)15)19-9-14(16)18-3/h7-8,15H,4-6,9H2,1-3H3. The first-order chi connectivity index (χ1) is 9.12. The van der Waals surface area contributed by atoms with Gasteiger partial charge in [0.05, 0.1) is 14.2 Å². The monoisotopic (exact) mass is 268 g/mol. The highest BCUT2D eigenvalue weighted by atomic mass is 16.6. The normalized spacial score (nSPS) is 10.1. The number of ether oxygens (including phenoxy) is 3. The zero-order valence-corrected chi connectivity index (χ0v) is 11.6. The minimum absolute atomic E-state index is 0.147. The summed E-state index contributed by atoms with van der Waals surface area (Å²) in [6.07, 6.45) is 2.80. The van der Waals surface area contributed by atoms with E-state index < -0.39 is 5.97 Å². The Morgan fingerprint density at radius 1 is 1.26 bits per heavy atom. The summed E-state index contributed by atoms with van der Waals surface area (Å²) < 4.78 is 14.9. The Morgan fingerprint density at radius 3 is 2.58 bits per heavy atom. The Morgan fingerprint density at radius 2 is 2.00 bits per heavy atom. The number of hydrogen-bond acceptors (Lipinski definition) is 5. The lowest BCUT2D eigenvalue weighted by molar-refractivity contribution is -0.142. The van der Waals surface area contributed by atoms with E-state index in [1.807, 2.05) is 0 Å². The average Bonchev–Trinajstić information content (AvgIpc) is 2.43. The van der Waals surface area contributed by atoms with Crippen LogP contribution in [0, 0.1) is 0 Å². The molecule has 0 aromatic heterocycles. The molecule has 106 valence electrons. The number of unbranched alkanes of at least 4 members (excludes halogenated alkanes) is 1. The highest BCUT2D eigenvalue weighted by Crippen LogP contribution is 2.34. The van der Waals surface area contributed by atoms with Crippen LogP contribution < -0.4 is 9.47 Å². The molecule has 1 aromatic carbocycles. The summed E-state index contributed by atoms with van der Waals surface area (Å²) in [5, 5.41) is 9.91. The number of methoxy groups -OCH3 is 2. The van der Waals surface area contributed by atoms with Crippen molar-refractivity contribution in [1.29, 1.82) is 0 Å². The smallest absolute Gasteiger partial charge is 0.343 e. The summed E-state index contributed by atoms with van der Waals surface area (Å²) in [5.74, 6) is 0.476. The maximum Gasteiger partial charge on any atom is 0.343 e. The Labute approximate surface area is 113 Å². The van der Waals surface area contributed by atoms with Crippen LogP contribution in [0.5, 0.6) is 17.2 Å². The van der Waals surface area contributed by atoms with Crippen molar-refractivity contribution in [1.82, 2.24) is 0 Å². The molecule has 5 nitrogen and oxygen atoms in total. The molecule has 0 radical (unpaired) electrons. The fourth-order valence-corrected chi connectivity index (χ4v) is 1.63. The quantitative estimate of drug-likeness (QED) is 0.769. The molecule has 0 saturated heterocycles. The van der Waals surface area contributed by atoms with E-state index in [-0.39, 0.29) is 12.4 Å². The van der Waals surface area contributed by atoms with E-state index >= 15 is 0 Å². The lowest BCUT2D eigenvalue weighted by Crippen LogP contribution is -2.13. The summed E-state index contributed by atoms with van der Waals surface area (Å²) in [5.41, 5.74) is 0.809. The molecule has 0 fully saturated rings. The van der Waals surface area contributed by atoms with E-state index in [0.717, 1.165) is 24.8 Å². The predicted molar refractivity (Wildman–Crippen MR) is 70.8 cm³/mol. The molecular formula is C14H20O5. The number of phenolic OH excluding ortho intramolecular Hbond substituents is 1. The predicted octanol–water partition coefficient (Wildman–Crippen LogP) is 2.30. The van der Waals surface area contributed by atoms with Gasteiger partial charge in [-0.1, -0.05) is 13.3 Å². The molecule has 0 heterocycles. The molecule has 0 aliphatic heterocycles. The van der Waals surface area contributed by atoms with Crippen LogP contribution in [0.2, 0.25) is 0 Å². The van der Waals surface area contributed by atoms with Gasteiger partial charge in [-0.2, -0.15) is 0 Å². The fourth-order valence-electron chi connectivity index (χ4n) is 1.63. The van der Waals surface area contributed by atoms with E-state index in [4.69, 9.17) is 9.47 Å². The number of aryl methyl sites for hydroxylation is 1. The molecule has 1 rings (SSSR count). The van der Waals surface area contributed by atoms with Crippen molar-refractivity contribution < 1.29 is 24.1 Å². The van der Waals surface area contributed by atoms with Gasteiger partial charge in [-0.25, -0.2) is 4.79 Å². The van der Waals surface area contributed by atoms with Crippen molar-refractivity contribution in [2.45, 2.75) is 26.2 Å². The minimum atomic E-state index is -0.489. The first kappa shape index (κ1) is 15.1. The SMILES string of the molecule is CCCCc1cc(OC)c(OCC(=O)OC)cc1O. The second kappa shape index (κ2) is 7.51. The van der Waals surface area contributed by atoms with E-state index in [1.165, 1.54) is 20.3 Å². The number of carbonyl (C=O) groups is 1. The average molecular weight is 268 g/mol. The molecule has 0 unspecified atom stereocenters. The highest BCUT2D eigenvalue weighted by Gasteiger charge is 2.12.